The smallest absolute Gasteiger partial charge is 0.251 e. The van der Waals surface area contributed by atoms with Crippen LogP contribution in [-0.4, -0.2) is 141 Å². The molecule has 0 saturated carbocycles. The summed E-state index contributed by atoms with van der Waals surface area (Å²) in [5.74, 6) is -5.00. The zero-order valence-corrected chi connectivity index (χ0v) is 32.8. The highest BCUT2D eigenvalue weighted by Crippen LogP contribution is 2.24. The number of nitrogens with zero attached hydrogens (tertiary/aromatic N) is 3. The van der Waals surface area contributed by atoms with E-state index in [0.717, 1.165) is 12.1 Å². The second-order valence-corrected chi connectivity index (χ2v) is 14.3. The van der Waals surface area contributed by atoms with Crippen LogP contribution in [0.5, 0.6) is 0 Å². The van der Waals surface area contributed by atoms with Gasteiger partial charge in [0, 0.05) is 25.2 Å². The van der Waals surface area contributed by atoms with Crippen LogP contribution < -0.4 is 43.0 Å². The molecule has 3 aromatic rings. The van der Waals surface area contributed by atoms with Crippen LogP contribution in [0.4, 0.5) is 4.39 Å². The van der Waals surface area contributed by atoms with Gasteiger partial charge in [-0.25, -0.2) is 9.07 Å². The number of nitrogens with two attached hydrogens (primary N) is 1. The molecule has 3 heterocycles. The summed E-state index contributed by atoms with van der Waals surface area (Å²) in [4.78, 5) is 78.8. The molecule has 0 radical (unpaired) electrons. The first-order valence-corrected chi connectivity index (χ1v) is 19.4. The largest absolute Gasteiger partial charge is 0.388 e. The Labute approximate surface area is 348 Å². The lowest BCUT2D eigenvalue weighted by Gasteiger charge is -2.40. The topological polar surface area (TPSA) is 337 Å². The van der Waals surface area contributed by atoms with E-state index in [4.69, 9.17) is 15.9 Å². The van der Waals surface area contributed by atoms with Gasteiger partial charge in [0.15, 0.2) is 12.1 Å². The molecule has 2 aliphatic heterocycles. The van der Waals surface area contributed by atoms with E-state index in [-0.39, 0.29) is 62.5 Å². The van der Waals surface area contributed by atoms with Crippen LogP contribution in [0.2, 0.25) is 0 Å². The molecule has 6 amide bonds. The zero-order valence-electron chi connectivity index (χ0n) is 32.8. The van der Waals surface area contributed by atoms with Crippen LogP contribution in [-0.2, 0) is 28.7 Å². The van der Waals surface area contributed by atoms with Gasteiger partial charge in [-0.05, 0) is 55.5 Å². The molecule has 0 spiro atoms. The molecule has 5 rings (SSSR count). The molecule has 5 unspecified atom stereocenters. The summed E-state index contributed by atoms with van der Waals surface area (Å²) in [5.41, 5.74) is 6.33. The fourth-order valence-electron chi connectivity index (χ4n) is 6.58. The predicted molar refractivity (Wildman–Crippen MR) is 210 cm³/mol. The maximum atomic E-state index is 14.1. The fraction of sp³-hybridized carbons (Fsp3) is 0.447. The van der Waals surface area contributed by atoms with Gasteiger partial charge in [-0.2, -0.15) is 0 Å². The number of carbonyl (C=O) groups is 6. The third kappa shape index (κ3) is 12.7. The highest BCUT2D eigenvalue weighted by atomic mass is 19.1. The summed E-state index contributed by atoms with van der Waals surface area (Å²) in [6, 6.07) is 10.2. The molecule has 22 nitrogen and oxygen atoms in total. The van der Waals surface area contributed by atoms with Crippen molar-refractivity contribution in [1.82, 2.24) is 52.2 Å². The minimum absolute atomic E-state index is 0.0205. The number of aromatic nitrogens is 3. The van der Waals surface area contributed by atoms with Gasteiger partial charge in [0.1, 0.15) is 48.0 Å². The summed E-state index contributed by atoms with van der Waals surface area (Å²) >= 11 is 0. The first-order valence-electron chi connectivity index (χ1n) is 19.4. The Bertz CT molecular complexity index is 2020. The fourth-order valence-corrected chi connectivity index (χ4v) is 6.58. The van der Waals surface area contributed by atoms with Crippen LogP contribution in [0.25, 0.3) is 0 Å². The number of hydrogen-bond donors (Lipinski definition) is 12. The van der Waals surface area contributed by atoms with Gasteiger partial charge in [0.05, 0.1) is 25.3 Å². The van der Waals surface area contributed by atoms with Crippen LogP contribution in [0.15, 0.2) is 60.8 Å². The van der Waals surface area contributed by atoms with Crippen molar-refractivity contribution >= 4 is 41.4 Å². The molecular weight excluding hydrogens is 803 g/mol. The number of fused-ring (bicyclic) bond motifs is 2. The van der Waals surface area contributed by atoms with Crippen LogP contribution >= 0.6 is 0 Å². The first kappa shape index (κ1) is 45.5. The highest BCUT2D eigenvalue weighted by Gasteiger charge is 2.46. The number of amides is 6. The second kappa shape index (κ2) is 21.6. The Kier molecular flexibility index (Phi) is 16.1. The molecule has 2 bridgehead atoms. The van der Waals surface area contributed by atoms with E-state index < -0.39 is 103 Å². The van der Waals surface area contributed by atoms with Gasteiger partial charge in [-0.1, -0.05) is 35.5 Å². The van der Waals surface area contributed by atoms with E-state index in [1.54, 1.807) is 30.3 Å². The monoisotopic (exact) mass is 852 g/mol. The van der Waals surface area contributed by atoms with Gasteiger partial charge in [0.2, 0.25) is 23.6 Å². The second-order valence-electron chi connectivity index (χ2n) is 14.3. The number of hydrogen-bond acceptors (Lipinski definition) is 13. The Morgan fingerprint density at radius 3 is 2.26 bits per heavy atom. The van der Waals surface area contributed by atoms with E-state index in [1.165, 1.54) is 23.0 Å². The number of carbonyl (C=O) groups excluding carboxylic acids is 6. The van der Waals surface area contributed by atoms with Crippen molar-refractivity contribution in [2.45, 2.75) is 74.3 Å². The molecule has 2 aromatic carbocycles. The molecule has 2 aliphatic rings. The van der Waals surface area contributed by atoms with E-state index in [9.17, 15) is 48.5 Å². The van der Waals surface area contributed by atoms with Crippen molar-refractivity contribution in [3.8, 4) is 0 Å². The maximum absolute atomic E-state index is 14.1. The molecule has 1 fully saturated rings. The molecular formula is C38H49FN12O10. The van der Waals surface area contributed by atoms with Crippen LogP contribution in [0.3, 0.4) is 0 Å². The van der Waals surface area contributed by atoms with E-state index in [1.807, 2.05) is 0 Å². The number of aliphatic hydroxyl groups is 3. The summed E-state index contributed by atoms with van der Waals surface area (Å²) in [5, 5.41) is 65.7. The average molecular weight is 853 g/mol. The van der Waals surface area contributed by atoms with Crippen molar-refractivity contribution in [3.63, 3.8) is 0 Å². The van der Waals surface area contributed by atoms with Gasteiger partial charge in [-0.3, -0.25) is 34.2 Å². The van der Waals surface area contributed by atoms with Gasteiger partial charge in [-0.15, -0.1) is 5.10 Å². The first-order chi connectivity index (χ1) is 29.2. The summed E-state index contributed by atoms with van der Waals surface area (Å²) in [6.45, 7) is -1.22. The molecule has 13 N–H and O–H groups in total. The molecule has 23 heteroatoms. The normalized spacial score (nSPS) is 24.9. The highest BCUT2D eigenvalue weighted by molar-refractivity contribution is 5.94. The van der Waals surface area contributed by atoms with Crippen molar-refractivity contribution in [3.05, 3.63) is 83.4 Å². The average Bonchev–Trinajstić information content (AvgIpc) is 3.73. The van der Waals surface area contributed by atoms with Gasteiger partial charge >= 0.3 is 0 Å². The Balaban J connectivity index is 1.31. The van der Waals surface area contributed by atoms with Crippen molar-refractivity contribution < 1.29 is 53.2 Å². The quantitative estimate of drug-likeness (QED) is 0.0448. The van der Waals surface area contributed by atoms with Crippen LogP contribution in [0, 0.1) is 11.2 Å². The van der Waals surface area contributed by atoms with E-state index in [2.05, 4.69) is 47.5 Å². The summed E-state index contributed by atoms with van der Waals surface area (Å²) in [6.07, 6.45) is -6.54. The van der Waals surface area contributed by atoms with Gasteiger partial charge < -0.3 is 63.0 Å². The Morgan fingerprint density at radius 1 is 0.852 bits per heavy atom. The number of benzene rings is 2. The molecule has 61 heavy (non-hydrogen) atoms. The number of halogens is 1. The molecule has 328 valence electrons. The lowest BCUT2D eigenvalue weighted by molar-refractivity contribution is -0.218. The molecule has 0 aliphatic carbocycles. The summed E-state index contributed by atoms with van der Waals surface area (Å²) in [7, 11) is 0. The molecule has 1 aromatic heterocycles. The Morgan fingerprint density at radius 2 is 1.54 bits per heavy atom. The minimum Gasteiger partial charge on any atom is -0.388 e. The number of nitrogens with one attached hydrogen (secondary N) is 8. The lowest BCUT2D eigenvalue weighted by Crippen LogP contribution is -2.63. The molecule has 1 saturated heterocycles. The maximum Gasteiger partial charge on any atom is 0.251 e. The lowest BCUT2D eigenvalue weighted by atomic mass is 9.94. The third-order valence-corrected chi connectivity index (χ3v) is 9.87. The van der Waals surface area contributed by atoms with E-state index in [0.29, 0.717) is 5.56 Å². The van der Waals surface area contributed by atoms with Crippen molar-refractivity contribution in [2.24, 2.45) is 5.73 Å². The Hall–Kier alpha value is -6.56. The minimum atomic E-state index is -1.86. The molecule has 8 atom stereocenters. The standard InChI is InChI=1S/C38H49FN12O10/c39-22-12-10-21(11-13-22)34(57)45-16-26-30(54)31(55)32(56)33(61-26)37(60)42-14-5-9-25-36(59)47-23(8-4-15-43-38(40)41)35(58)46-17-27(52)44-18-28(53)48-29(20-6-2-1-3-7-20)24-19-51(25)50-49-24/h1-3,6-7,10-13,19,23,25-26,29-33,54-56H,4-5,8-9,14-18H2,(H,42,60)(H,44,52)(H,45,57)(H,46,58)(H,47,59)(H,48,53)(H4,40,41,43)/t23-,25?,26+,29?,30?,31?,32-,33?/m0/s1. The summed E-state index contributed by atoms with van der Waals surface area (Å²) < 4.78 is 20.2. The number of ether oxygens (including phenoxy) is 1. The van der Waals surface area contributed by atoms with Gasteiger partial charge in [0.25, 0.3) is 11.8 Å². The number of rotatable bonds is 13. The number of guanidine groups is 1. The van der Waals surface area contributed by atoms with E-state index >= 15 is 0 Å². The zero-order chi connectivity index (χ0) is 44.1. The number of aliphatic hydroxyl groups excluding tert-OH is 3. The third-order valence-electron chi connectivity index (χ3n) is 9.87. The van der Waals surface area contributed by atoms with Crippen molar-refractivity contribution in [2.75, 3.05) is 32.7 Å². The van der Waals surface area contributed by atoms with Crippen molar-refractivity contribution in [1.29, 1.82) is 5.41 Å². The predicted octanol–water partition coefficient (Wildman–Crippen LogP) is -3.67. The SMILES string of the molecule is N=C(N)NCCC[C@@H]1NC(=O)C(CCCNC(=O)C2O[C@H](CNC(=O)c3ccc(F)cc3)C(O)C(O)[C@@H]2O)n2cc(nn2)C(c2ccccc2)NC(=O)CNC(=O)CNC1=O. The van der Waals surface area contributed by atoms with Crippen LogP contribution in [0.1, 0.15) is 59.4 Å².